The van der Waals surface area contributed by atoms with E-state index in [4.69, 9.17) is 24.7 Å². The topological polar surface area (TPSA) is 80.0 Å². The van der Waals surface area contributed by atoms with Crippen LogP contribution in [0.15, 0.2) is 6.07 Å². The van der Waals surface area contributed by atoms with Gasteiger partial charge in [-0.2, -0.15) is 0 Å². The van der Waals surface area contributed by atoms with Gasteiger partial charge in [-0.05, 0) is 6.42 Å². The predicted molar refractivity (Wildman–Crippen MR) is 71.1 cm³/mol. The molecular weight excluding hydrogens is 250 g/mol. The minimum atomic E-state index is -0.562. The van der Waals surface area contributed by atoms with E-state index in [0.717, 1.165) is 6.42 Å². The molecule has 6 heteroatoms. The molecule has 0 radical (unpaired) electrons. The number of benzene rings is 1. The van der Waals surface area contributed by atoms with Crippen LogP contribution in [-0.4, -0.2) is 33.9 Å². The van der Waals surface area contributed by atoms with Crippen LogP contribution in [0.5, 0.6) is 17.2 Å². The fourth-order valence-corrected chi connectivity index (χ4v) is 1.62. The third kappa shape index (κ3) is 3.01. The lowest BCUT2D eigenvalue weighted by Crippen LogP contribution is -2.12. The van der Waals surface area contributed by atoms with E-state index in [2.05, 4.69) is 0 Å². The lowest BCUT2D eigenvalue weighted by molar-refractivity contribution is 0.0501. The monoisotopic (exact) mass is 269 g/mol. The van der Waals surface area contributed by atoms with Gasteiger partial charge in [-0.25, -0.2) is 4.79 Å². The molecule has 0 bridgehead atoms. The standard InChI is InChI=1S/C13H19NO5/c1-5-6-19-13(15)10-11(14)8(16-2)7-9(17-3)12(10)18-4/h7H,5-6,14H2,1-4H3. The Morgan fingerprint density at radius 1 is 1.16 bits per heavy atom. The van der Waals surface area contributed by atoms with E-state index in [1.807, 2.05) is 6.92 Å². The van der Waals surface area contributed by atoms with E-state index >= 15 is 0 Å². The normalized spacial score (nSPS) is 9.89. The average molecular weight is 269 g/mol. The number of carbonyl (C=O) groups excluding carboxylic acids is 1. The van der Waals surface area contributed by atoms with Gasteiger partial charge in [0.05, 0.1) is 33.6 Å². The number of ether oxygens (including phenoxy) is 4. The van der Waals surface area contributed by atoms with Gasteiger partial charge >= 0.3 is 5.97 Å². The van der Waals surface area contributed by atoms with Crippen molar-refractivity contribution in [3.63, 3.8) is 0 Å². The molecule has 0 aromatic heterocycles. The van der Waals surface area contributed by atoms with Crippen LogP contribution in [0.2, 0.25) is 0 Å². The summed E-state index contributed by atoms with van der Waals surface area (Å²) in [6, 6.07) is 1.56. The summed E-state index contributed by atoms with van der Waals surface area (Å²) in [6.45, 7) is 2.21. The molecule has 0 saturated heterocycles. The van der Waals surface area contributed by atoms with Gasteiger partial charge in [-0.1, -0.05) is 6.92 Å². The molecule has 1 rings (SSSR count). The number of hydrogen-bond donors (Lipinski definition) is 1. The highest BCUT2D eigenvalue weighted by atomic mass is 16.5. The number of esters is 1. The fraction of sp³-hybridized carbons (Fsp3) is 0.462. The summed E-state index contributed by atoms with van der Waals surface area (Å²) in [7, 11) is 4.35. The predicted octanol–water partition coefficient (Wildman–Crippen LogP) is 1.86. The summed E-state index contributed by atoms with van der Waals surface area (Å²) in [5.74, 6) is 0.369. The van der Waals surface area contributed by atoms with Gasteiger partial charge in [0.25, 0.3) is 0 Å². The molecular formula is C13H19NO5. The van der Waals surface area contributed by atoms with Crippen LogP contribution >= 0.6 is 0 Å². The number of methoxy groups -OCH3 is 3. The molecule has 19 heavy (non-hydrogen) atoms. The van der Waals surface area contributed by atoms with E-state index in [9.17, 15) is 4.79 Å². The van der Waals surface area contributed by atoms with Crippen molar-refractivity contribution in [2.75, 3.05) is 33.7 Å². The van der Waals surface area contributed by atoms with Crippen molar-refractivity contribution < 1.29 is 23.7 Å². The van der Waals surface area contributed by atoms with Crippen molar-refractivity contribution in [1.29, 1.82) is 0 Å². The molecule has 0 atom stereocenters. The Balaban J connectivity index is 3.36. The first kappa shape index (κ1) is 14.9. The first-order valence-electron chi connectivity index (χ1n) is 5.86. The van der Waals surface area contributed by atoms with E-state index in [1.165, 1.54) is 21.3 Å². The Labute approximate surface area is 112 Å². The van der Waals surface area contributed by atoms with Gasteiger partial charge in [0, 0.05) is 6.07 Å². The van der Waals surface area contributed by atoms with Gasteiger partial charge in [-0.3, -0.25) is 0 Å². The van der Waals surface area contributed by atoms with Gasteiger partial charge < -0.3 is 24.7 Å². The molecule has 2 N–H and O–H groups in total. The van der Waals surface area contributed by atoms with Crippen LogP contribution in [0.25, 0.3) is 0 Å². The molecule has 0 aliphatic heterocycles. The molecule has 0 saturated carbocycles. The Morgan fingerprint density at radius 2 is 1.79 bits per heavy atom. The molecule has 0 aliphatic rings. The van der Waals surface area contributed by atoms with Gasteiger partial charge in [0.15, 0.2) is 11.5 Å². The zero-order valence-electron chi connectivity index (χ0n) is 11.6. The number of rotatable bonds is 6. The van der Waals surface area contributed by atoms with Crippen molar-refractivity contribution in [1.82, 2.24) is 0 Å². The van der Waals surface area contributed by atoms with Crippen molar-refractivity contribution >= 4 is 11.7 Å². The van der Waals surface area contributed by atoms with Crippen LogP contribution < -0.4 is 19.9 Å². The van der Waals surface area contributed by atoms with E-state index < -0.39 is 5.97 Å². The summed E-state index contributed by atoms with van der Waals surface area (Å²) in [6.07, 6.45) is 0.717. The van der Waals surface area contributed by atoms with Crippen molar-refractivity contribution in [3.05, 3.63) is 11.6 Å². The number of nitrogens with two attached hydrogens (primary N) is 1. The van der Waals surface area contributed by atoms with Crippen molar-refractivity contribution in [3.8, 4) is 17.2 Å². The number of anilines is 1. The third-order valence-corrected chi connectivity index (χ3v) is 2.53. The van der Waals surface area contributed by atoms with Crippen molar-refractivity contribution in [2.45, 2.75) is 13.3 Å². The molecule has 0 aliphatic carbocycles. The van der Waals surface area contributed by atoms with Gasteiger partial charge in [0.1, 0.15) is 11.3 Å². The molecule has 0 heterocycles. The Morgan fingerprint density at radius 3 is 2.26 bits per heavy atom. The highest BCUT2D eigenvalue weighted by Gasteiger charge is 2.25. The van der Waals surface area contributed by atoms with E-state index in [-0.39, 0.29) is 17.0 Å². The van der Waals surface area contributed by atoms with Crippen LogP contribution in [0.1, 0.15) is 23.7 Å². The largest absolute Gasteiger partial charge is 0.494 e. The number of hydrogen-bond acceptors (Lipinski definition) is 6. The maximum absolute atomic E-state index is 12.0. The summed E-state index contributed by atoms with van der Waals surface area (Å²) >= 11 is 0. The molecule has 6 nitrogen and oxygen atoms in total. The van der Waals surface area contributed by atoms with E-state index in [0.29, 0.717) is 18.1 Å². The molecule has 0 fully saturated rings. The lowest BCUT2D eigenvalue weighted by atomic mass is 10.1. The van der Waals surface area contributed by atoms with Crippen LogP contribution in [0.4, 0.5) is 5.69 Å². The molecule has 1 aromatic rings. The van der Waals surface area contributed by atoms with Crippen LogP contribution in [-0.2, 0) is 4.74 Å². The molecule has 0 amide bonds. The second-order valence-electron chi connectivity index (χ2n) is 3.74. The van der Waals surface area contributed by atoms with E-state index in [1.54, 1.807) is 6.07 Å². The summed E-state index contributed by atoms with van der Waals surface area (Å²) < 4.78 is 20.6. The third-order valence-electron chi connectivity index (χ3n) is 2.53. The first-order valence-corrected chi connectivity index (χ1v) is 5.86. The minimum Gasteiger partial charge on any atom is -0.494 e. The van der Waals surface area contributed by atoms with Crippen molar-refractivity contribution in [2.24, 2.45) is 0 Å². The number of carbonyl (C=O) groups is 1. The fourth-order valence-electron chi connectivity index (χ4n) is 1.62. The summed E-state index contributed by atoms with van der Waals surface area (Å²) in [5, 5.41) is 0. The quantitative estimate of drug-likeness (QED) is 0.627. The number of nitrogen functional groups attached to an aromatic ring is 1. The second kappa shape index (κ2) is 6.72. The van der Waals surface area contributed by atoms with Gasteiger partial charge in [0.2, 0.25) is 0 Å². The smallest absolute Gasteiger partial charge is 0.344 e. The molecule has 0 spiro atoms. The zero-order valence-corrected chi connectivity index (χ0v) is 11.6. The Kier molecular flexibility index (Phi) is 5.29. The van der Waals surface area contributed by atoms with Crippen LogP contribution in [0.3, 0.4) is 0 Å². The first-order chi connectivity index (χ1) is 9.10. The Bertz CT molecular complexity index is 459. The highest BCUT2D eigenvalue weighted by Crippen LogP contribution is 2.41. The Hall–Kier alpha value is -2.11. The second-order valence-corrected chi connectivity index (χ2v) is 3.74. The van der Waals surface area contributed by atoms with Crippen LogP contribution in [0, 0.1) is 0 Å². The summed E-state index contributed by atoms with van der Waals surface area (Å²) in [4.78, 5) is 12.0. The average Bonchev–Trinajstić information content (AvgIpc) is 2.43. The van der Waals surface area contributed by atoms with Gasteiger partial charge in [-0.15, -0.1) is 0 Å². The summed E-state index contributed by atoms with van der Waals surface area (Å²) in [5.41, 5.74) is 6.19. The minimum absolute atomic E-state index is 0.118. The zero-order chi connectivity index (χ0) is 14.4. The SMILES string of the molecule is CCCOC(=O)c1c(N)c(OC)cc(OC)c1OC. The maximum Gasteiger partial charge on any atom is 0.344 e. The highest BCUT2D eigenvalue weighted by molar-refractivity contribution is 6.00. The maximum atomic E-state index is 12.0. The molecule has 1 aromatic carbocycles. The molecule has 0 unspecified atom stereocenters. The lowest BCUT2D eigenvalue weighted by Gasteiger charge is -2.16. The molecule has 106 valence electrons.